The minimum Gasteiger partial charge on any atom is -0.398 e. The highest BCUT2D eigenvalue weighted by molar-refractivity contribution is 9.10. The Morgan fingerprint density at radius 1 is 0.931 bits per heavy atom. The van der Waals surface area contributed by atoms with Crippen molar-refractivity contribution in [2.45, 2.75) is 0 Å². The Morgan fingerprint density at radius 3 is 1.79 bits per heavy atom. The summed E-state index contributed by atoms with van der Waals surface area (Å²) in [5.74, 6) is -0.570. The third kappa shape index (κ3) is 10.8. The molecule has 0 aliphatic rings. The van der Waals surface area contributed by atoms with Gasteiger partial charge in [-0.1, -0.05) is 12.1 Å². The van der Waals surface area contributed by atoms with E-state index < -0.39 is 5.24 Å². The zero-order valence-electron chi connectivity index (χ0n) is 14.6. The van der Waals surface area contributed by atoms with Gasteiger partial charge in [-0.25, -0.2) is 0 Å². The molecule has 2 aromatic rings. The lowest BCUT2D eigenvalue weighted by molar-refractivity contribution is -0.114. The van der Waals surface area contributed by atoms with Crippen LogP contribution < -0.4 is 11.1 Å². The first-order valence-electron chi connectivity index (χ1n) is 7.54. The summed E-state index contributed by atoms with van der Waals surface area (Å²) >= 11 is 21.3. The standard InChI is InChI=1S/C9H7BrClNO2.C7H6BrNO.C2H2Cl2O/c10-7-2-1-3-8(6(7)5-13)12-9(14)4-11;8-6-2-1-3-7(9)5(6)4-10;3-1-2(4)5/h1-3,5H,4H2,(H,12,14);1-4H,9H2;1H2. The van der Waals surface area contributed by atoms with Crippen molar-refractivity contribution in [3.8, 4) is 0 Å². The number of carbonyl (C=O) groups is 4. The monoisotopic (exact) mass is 586 g/mol. The van der Waals surface area contributed by atoms with Crippen LogP contribution in [0.25, 0.3) is 0 Å². The highest BCUT2D eigenvalue weighted by Crippen LogP contribution is 2.22. The van der Waals surface area contributed by atoms with Crippen LogP contribution in [0.5, 0.6) is 0 Å². The topological polar surface area (TPSA) is 106 Å². The van der Waals surface area contributed by atoms with Crippen molar-refractivity contribution in [2.75, 3.05) is 22.8 Å². The van der Waals surface area contributed by atoms with Gasteiger partial charge in [-0.2, -0.15) is 0 Å². The van der Waals surface area contributed by atoms with E-state index in [-0.39, 0.29) is 17.7 Å². The molecule has 0 spiro atoms. The number of nitrogens with two attached hydrogens (primary N) is 1. The number of benzene rings is 2. The minimum atomic E-state index is -0.508. The first-order chi connectivity index (χ1) is 13.7. The average molecular weight is 589 g/mol. The van der Waals surface area contributed by atoms with Crippen LogP contribution in [0.3, 0.4) is 0 Å². The summed E-state index contributed by atoms with van der Waals surface area (Å²) < 4.78 is 1.38. The van der Waals surface area contributed by atoms with Crippen molar-refractivity contribution in [1.82, 2.24) is 0 Å². The van der Waals surface area contributed by atoms with Gasteiger partial charge in [-0.05, 0) is 67.7 Å². The molecule has 0 aliphatic carbocycles. The molecule has 2 rings (SSSR count). The fourth-order valence-corrected chi connectivity index (χ4v) is 2.63. The Hall–Kier alpha value is -1.45. The largest absolute Gasteiger partial charge is 0.398 e. The molecule has 0 atom stereocenters. The molecular formula is C18H15Br2Cl3N2O4. The quantitative estimate of drug-likeness (QED) is 0.214. The van der Waals surface area contributed by atoms with E-state index in [2.05, 4.69) is 37.2 Å². The van der Waals surface area contributed by atoms with E-state index in [1.807, 2.05) is 0 Å². The lowest BCUT2D eigenvalue weighted by Gasteiger charge is -2.06. The second-order valence-electron chi connectivity index (χ2n) is 4.85. The van der Waals surface area contributed by atoms with Crippen LogP contribution in [-0.4, -0.2) is 35.5 Å². The number of halogens is 5. The molecule has 0 bridgehead atoms. The number of aldehydes is 2. The maximum atomic E-state index is 11.0. The molecule has 1 amide bonds. The Labute approximate surface area is 199 Å². The molecule has 3 N–H and O–H groups in total. The molecule has 0 aromatic heterocycles. The van der Waals surface area contributed by atoms with Crippen molar-refractivity contribution in [1.29, 1.82) is 0 Å². The molecule has 11 heteroatoms. The number of anilines is 2. The summed E-state index contributed by atoms with van der Waals surface area (Å²) in [4.78, 5) is 41.5. The second-order valence-corrected chi connectivity index (χ2v) is 7.51. The molecule has 0 unspecified atom stereocenters. The maximum absolute atomic E-state index is 11.0. The van der Waals surface area contributed by atoms with Gasteiger partial charge in [0.25, 0.3) is 0 Å². The van der Waals surface area contributed by atoms with Gasteiger partial charge in [0.2, 0.25) is 11.1 Å². The number of hydrogen-bond acceptors (Lipinski definition) is 5. The van der Waals surface area contributed by atoms with Crippen LogP contribution in [0, 0.1) is 0 Å². The van der Waals surface area contributed by atoms with E-state index in [0.717, 1.165) is 10.8 Å². The average Bonchev–Trinajstić information content (AvgIpc) is 2.69. The zero-order chi connectivity index (χ0) is 22.4. The van der Waals surface area contributed by atoms with Crippen molar-refractivity contribution in [3.63, 3.8) is 0 Å². The molecular weight excluding hydrogens is 574 g/mol. The van der Waals surface area contributed by atoms with Gasteiger partial charge >= 0.3 is 0 Å². The molecule has 6 nitrogen and oxygen atoms in total. The number of carbonyl (C=O) groups excluding carboxylic acids is 4. The third-order valence-electron chi connectivity index (χ3n) is 2.88. The van der Waals surface area contributed by atoms with E-state index in [0.29, 0.717) is 33.3 Å². The Morgan fingerprint density at radius 2 is 1.41 bits per heavy atom. The fraction of sp³-hybridized carbons (Fsp3) is 0.111. The van der Waals surface area contributed by atoms with Crippen molar-refractivity contribution >= 4 is 102 Å². The van der Waals surface area contributed by atoms with E-state index in [9.17, 15) is 19.2 Å². The predicted molar refractivity (Wildman–Crippen MR) is 124 cm³/mol. The third-order valence-corrected chi connectivity index (χ3v) is 5.01. The van der Waals surface area contributed by atoms with Crippen molar-refractivity contribution in [2.24, 2.45) is 0 Å². The van der Waals surface area contributed by atoms with Crippen LogP contribution >= 0.6 is 66.7 Å². The van der Waals surface area contributed by atoms with Gasteiger partial charge in [-0.3, -0.25) is 19.2 Å². The van der Waals surface area contributed by atoms with E-state index >= 15 is 0 Å². The lowest BCUT2D eigenvalue weighted by Crippen LogP contribution is -2.14. The summed E-state index contributed by atoms with van der Waals surface area (Å²) in [5.41, 5.74) is 7.36. The summed E-state index contributed by atoms with van der Waals surface area (Å²) in [7, 11) is 0. The summed E-state index contributed by atoms with van der Waals surface area (Å²) in [6.07, 6.45) is 1.41. The van der Waals surface area contributed by atoms with Gasteiger partial charge in [0.05, 0.1) is 22.7 Å². The van der Waals surface area contributed by atoms with Crippen LogP contribution in [0.1, 0.15) is 20.7 Å². The Kier molecular flexibility index (Phi) is 14.6. The number of nitrogen functional groups attached to an aromatic ring is 1. The molecule has 0 radical (unpaired) electrons. The van der Waals surface area contributed by atoms with Gasteiger partial charge in [0.15, 0.2) is 12.6 Å². The van der Waals surface area contributed by atoms with E-state index in [1.54, 1.807) is 36.4 Å². The van der Waals surface area contributed by atoms with Crippen LogP contribution in [0.4, 0.5) is 11.4 Å². The Balaban J connectivity index is 0.000000455. The highest BCUT2D eigenvalue weighted by atomic mass is 79.9. The lowest BCUT2D eigenvalue weighted by atomic mass is 10.2. The molecule has 29 heavy (non-hydrogen) atoms. The van der Waals surface area contributed by atoms with E-state index in [1.165, 1.54) is 0 Å². The van der Waals surface area contributed by atoms with Crippen molar-refractivity contribution in [3.05, 3.63) is 56.5 Å². The first kappa shape index (κ1) is 27.5. The van der Waals surface area contributed by atoms with Crippen LogP contribution in [0.15, 0.2) is 45.3 Å². The number of alkyl halides is 2. The molecule has 0 saturated carbocycles. The summed E-state index contributed by atoms with van der Waals surface area (Å²) in [6.45, 7) is 0. The van der Waals surface area contributed by atoms with Gasteiger partial charge in [-0.15, -0.1) is 23.2 Å². The second kappa shape index (κ2) is 15.4. The Bertz CT molecular complexity index is 847. The summed E-state index contributed by atoms with van der Waals surface area (Å²) in [6, 6.07) is 10.3. The van der Waals surface area contributed by atoms with Crippen LogP contribution in [0.2, 0.25) is 0 Å². The molecule has 0 saturated heterocycles. The first-order valence-corrected chi connectivity index (χ1v) is 10.6. The molecule has 2 aromatic carbocycles. The number of nitrogens with one attached hydrogen (secondary N) is 1. The molecule has 0 aliphatic heterocycles. The number of rotatable bonds is 5. The molecule has 0 heterocycles. The summed E-state index contributed by atoms with van der Waals surface area (Å²) in [5, 5.41) is 2.01. The SMILES string of the molecule is Nc1cccc(Br)c1C=O.O=C(Cl)CCl.O=Cc1c(Br)cccc1NC(=O)CCl. The highest BCUT2D eigenvalue weighted by Gasteiger charge is 2.07. The number of hydrogen-bond donors (Lipinski definition) is 2. The normalized spacial score (nSPS) is 9.14. The molecule has 0 fully saturated rings. The van der Waals surface area contributed by atoms with Gasteiger partial charge in [0, 0.05) is 14.6 Å². The fourth-order valence-electron chi connectivity index (χ4n) is 1.63. The minimum absolute atomic E-state index is 0.0957. The van der Waals surface area contributed by atoms with Gasteiger partial charge in [0.1, 0.15) is 5.88 Å². The molecule has 156 valence electrons. The van der Waals surface area contributed by atoms with Gasteiger partial charge < -0.3 is 11.1 Å². The van der Waals surface area contributed by atoms with Crippen LogP contribution in [-0.2, 0) is 9.59 Å². The van der Waals surface area contributed by atoms with E-state index in [4.69, 9.17) is 40.5 Å². The maximum Gasteiger partial charge on any atom is 0.239 e. The zero-order valence-corrected chi connectivity index (χ0v) is 20.1. The number of amides is 1. The predicted octanol–water partition coefficient (Wildman–Crippen LogP) is 5.27. The smallest absolute Gasteiger partial charge is 0.239 e. The van der Waals surface area contributed by atoms with Crippen molar-refractivity contribution < 1.29 is 19.2 Å².